The Kier molecular flexibility index (Phi) is 2.44. The zero-order chi connectivity index (χ0) is 18.4. The lowest BCUT2D eigenvalue weighted by molar-refractivity contribution is -0.337. The lowest BCUT2D eigenvalue weighted by Gasteiger charge is -2.27. The molecule has 28 heavy (non-hydrogen) atoms. The Bertz CT molecular complexity index is 1480. The number of hydrogen-bond donors (Lipinski definition) is 0. The van der Waals surface area contributed by atoms with Gasteiger partial charge in [-0.25, -0.2) is 4.79 Å². The summed E-state index contributed by atoms with van der Waals surface area (Å²) in [4.78, 5) is 13.6. The summed E-state index contributed by atoms with van der Waals surface area (Å²) in [6.07, 6.45) is 8.36. The zero-order valence-corrected chi connectivity index (χ0v) is 15.0. The van der Waals surface area contributed by atoms with Crippen molar-refractivity contribution in [2.45, 2.75) is 6.04 Å². The Labute approximate surface area is 161 Å². The van der Waals surface area contributed by atoms with Crippen molar-refractivity contribution in [1.29, 1.82) is 0 Å². The maximum absolute atomic E-state index is 13.6. The molecule has 0 radical (unpaired) electrons. The molecule has 3 nitrogen and oxygen atoms in total. The fourth-order valence-corrected chi connectivity index (χ4v) is 5.12. The molecule has 2 aliphatic heterocycles. The van der Waals surface area contributed by atoms with Crippen LogP contribution in [0.15, 0.2) is 85.0 Å². The molecule has 3 heteroatoms. The molecule has 7 rings (SSSR count). The van der Waals surface area contributed by atoms with Gasteiger partial charge in [0.15, 0.2) is 0 Å². The molecule has 0 bridgehead atoms. The number of rotatable bonds is 0. The van der Waals surface area contributed by atoms with Crippen molar-refractivity contribution in [1.82, 2.24) is 4.57 Å². The first-order chi connectivity index (χ1) is 13.8. The highest BCUT2D eigenvalue weighted by Gasteiger charge is 2.45. The first kappa shape index (κ1) is 14.4. The maximum Gasteiger partial charge on any atom is 0.426 e. The van der Waals surface area contributed by atoms with E-state index in [4.69, 9.17) is 0 Å². The number of nitrogens with zero attached hydrogens (tertiary/aromatic N) is 2. The molecule has 3 heterocycles. The molecule has 0 fully saturated rings. The van der Waals surface area contributed by atoms with Crippen LogP contribution in [0.3, 0.4) is 0 Å². The maximum atomic E-state index is 13.6. The molecular weight excluding hydrogens is 344 g/mol. The van der Waals surface area contributed by atoms with E-state index >= 15 is 0 Å². The van der Waals surface area contributed by atoms with E-state index in [-0.39, 0.29) is 11.9 Å². The summed E-state index contributed by atoms with van der Waals surface area (Å²) in [6.45, 7) is 0. The average Bonchev–Trinajstić information content (AvgIpc) is 3.10. The molecule has 1 amide bonds. The minimum absolute atomic E-state index is 0.0179. The van der Waals surface area contributed by atoms with Gasteiger partial charge < -0.3 is 4.57 Å². The zero-order valence-electron chi connectivity index (χ0n) is 15.0. The molecule has 1 aromatic heterocycles. The van der Waals surface area contributed by atoms with Crippen LogP contribution in [0.5, 0.6) is 0 Å². The Hall–Kier alpha value is -3.72. The van der Waals surface area contributed by atoms with Crippen LogP contribution in [0.25, 0.3) is 32.9 Å². The molecule has 0 spiro atoms. The van der Waals surface area contributed by atoms with E-state index in [9.17, 15) is 4.79 Å². The van der Waals surface area contributed by atoms with Crippen molar-refractivity contribution in [3.05, 3.63) is 90.5 Å². The summed E-state index contributed by atoms with van der Waals surface area (Å²) in [6, 6.07) is 20.9. The number of hydrogen-bond acceptors (Lipinski definition) is 1. The minimum Gasteiger partial charge on any atom is -0.318 e. The third-order valence-electron chi connectivity index (χ3n) is 6.23. The van der Waals surface area contributed by atoms with E-state index < -0.39 is 0 Å². The fraction of sp³-hybridized carbons (Fsp3) is 0.0400. The van der Waals surface area contributed by atoms with Crippen LogP contribution >= 0.6 is 0 Å². The van der Waals surface area contributed by atoms with Crippen LogP contribution in [-0.2, 0) is 0 Å². The van der Waals surface area contributed by atoms with E-state index in [2.05, 4.69) is 65.3 Å². The van der Waals surface area contributed by atoms with Crippen LogP contribution in [0.4, 0.5) is 5.69 Å². The van der Waals surface area contributed by atoms with Gasteiger partial charge in [-0.15, -0.1) is 4.58 Å². The number of allylic oxidation sites excluding steroid dienone is 4. The van der Waals surface area contributed by atoms with Crippen molar-refractivity contribution >= 4 is 39.1 Å². The van der Waals surface area contributed by atoms with E-state index in [1.165, 1.54) is 16.3 Å². The first-order valence-electron chi connectivity index (χ1n) is 9.56. The Balaban J connectivity index is 1.79. The predicted octanol–water partition coefficient (Wildman–Crippen LogP) is 5.38. The van der Waals surface area contributed by atoms with Crippen molar-refractivity contribution in [3.63, 3.8) is 0 Å². The number of carbonyl (C=O) groups is 1. The number of carbonyl (C=O) groups excluding carboxylic acids is 1. The summed E-state index contributed by atoms with van der Waals surface area (Å²) in [5.74, 6) is 0.0621. The standard InChI is InChI=1S/C25H15N2O/c28-25-19-9-2-1-7-15(19)17-13-14-18-16-8-3-4-10-20(16)26-21-11-5-6-12-22(21)27(25)24(17)23(18)26/h1-14,21H/q+1. The van der Waals surface area contributed by atoms with Crippen molar-refractivity contribution in [2.75, 3.05) is 0 Å². The second-order valence-electron chi connectivity index (χ2n) is 7.54. The Morgan fingerprint density at radius 1 is 0.786 bits per heavy atom. The predicted molar refractivity (Wildman–Crippen MR) is 111 cm³/mol. The highest BCUT2D eigenvalue weighted by atomic mass is 16.2. The second kappa shape index (κ2) is 4.76. The van der Waals surface area contributed by atoms with Crippen molar-refractivity contribution < 1.29 is 9.37 Å². The van der Waals surface area contributed by atoms with Crippen molar-refractivity contribution in [2.24, 2.45) is 0 Å². The molecule has 1 aliphatic carbocycles. The summed E-state index contributed by atoms with van der Waals surface area (Å²) < 4.78 is 4.35. The SMILES string of the molecule is O=C1c2ccccc2-c2ccc3c4ccccc4n4c3c2[N+]1=C1C=CC=CC14. The molecule has 1 unspecified atom stereocenters. The monoisotopic (exact) mass is 359 g/mol. The molecule has 3 aromatic carbocycles. The third-order valence-corrected chi connectivity index (χ3v) is 6.23. The smallest absolute Gasteiger partial charge is 0.318 e. The van der Waals surface area contributed by atoms with Gasteiger partial charge in [-0.05, 0) is 18.2 Å². The van der Waals surface area contributed by atoms with Gasteiger partial charge in [0.05, 0.1) is 16.6 Å². The second-order valence-corrected chi connectivity index (χ2v) is 7.54. The van der Waals surface area contributed by atoms with Gasteiger partial charge in [-0.2, -0.15) is 0 Å². The highest BCUT2D eigenvalue weighted by Crippen LogP contribution is 2.49. The minimum atomic E-state index is 0.0179. The van der Waals surface area contributed by atoms with Gasteiger partial charge in [0.2, 0.25) is 11.4 Å². The van der Waals surface area contributed by atoms with Crippen molar-refractivity contribution in [3.8, 4) is 11.1 Å². The lowest BCUT2D eigenvalue weighted by atomic mass is 9.90. The van der Waals surface area contributed by atoms with Gasteiger partial charge in [0.25, 0.3) is 0 Å². The number of para-hydroxylation sites is 1. The molecule has 130 valence electrons. The number of benzene rings is 3. The number of amides is 1. The van der Waals surface area contributed by atoms with Crippen LogP contribution in [0.1, 0.15) is 16.4 Å². The van der Waals surface area contributed by atoms with E-state index in [1.54, 1.807) is 0 Å². The molecule has 4 aromatic rings. The quantitative estimate of drug-likeness (QED) is 0.387. The van der Waals surface area contributed by atoms with E-state index in [0.717, 1.165) is 33.6 Å². The normalized spacial score (nSPS) is 18.7. The number of fused-ring (bicyclic) bond motifs is 7. The Morgan fingerprint density at radius 2 is 1.61 bits per heavy atom. The Morgan fingerprint density at radius 3 is 2.54 bits per heavy atom. The van der Waals surface area contributed by atoms with Gasteiger partial charge in [0, 0.05) is 22.4 Å². The summed E-state index contributed by atoms with van der Waals surface area (Å²) >= 11 is 0. The lowest BCUT2D eigenvalue weighted by Crippen LogP contribution is -2.35. The van der Waals surface area contributed by atoms with Gasteiger partial charge in [-0.3, -0.25) is 0 Å². The average molecular weight is 359 g/mol. The van der Waals surface area contributed by atoms with E-state index in [0.29, 0.717) is 0 Å². The first-order valence-corrected chi connectivity index (χ1v) is 9.56. The largest absolute Gasteiger partial charge is 0.426 e. The third kappa shape index (κ3) is 1.49. The molecule has 1 atom stereocenters. The summed E-state index contributed by atoms with van der Waals surface area (Å²) in [5, 5.41) is 2.43. The number of aromatic nitrogens is 1. The van der Waals surface area contributed by atoms with Crippen LogP contribution in [-0.4, -0.2) is 20.8 Å². The molecule has 0 saturated carbocycles. The fourth-order valence-electron chi connectivity index (χ4n) is 5.12. The summed E-state index contributed by atoms with van der Waals surface area (Å²) in [5.41, 5.74) is 7.31. The van der Waals surface area contributed by atoms with Gasteiger partial charge in [-0.1, -0.05) is 60.7 Å². The van der Waals surface area contributed by atoms with Crippen LogP contribution in [0.2, 0.25) is 0 Å². The molecule has 0 saturated heterocycles. The summed E-state index contributed by atoms with van der Waals surface area (Å²) in [7, 11) is 0. The molecule has 0 N–H and O–H groups in total. The van der Waals surface area contributed by atoms with Crippen LogP contribution in [0, 0.1) is 0 Å². The molecular formula is C25H15N2O+. The van der Waals surface area contributed by atoms with Gasteiger partial charge >= 0.3 is 5.91 Å². The van der Waals surface area contributed by atoms with Gasteiger partial charge in [0.1, 0.15) is 11.6 Å². The van der Waals surface area contributed by atoms with Crippen LogP contribution < -0.4 is 0 Å². The topological polar surface area (TPSA) is 25.0 Å². The molecule has 3 aliphatic rings. The highest BCUT2D eigenvalue weighted by molar-refractivity contribution is 6.20. The van der Waals surface area contributed by atoms with E-state index in [1.807, 2.05) is 28.9 Å².